The predicted molar refractivity (Wildman–Crippen MR) is 105 cm³/mol. The minimum Gasteiger partial charge on any atom is -0.483 e. The summed E-state index contributed by atoms with van der Waals surface area (Å²) in [6.45, 7) is 8.10. The van der Waals surface area contributed by atoms with Crippen molar-refractivity contribution in [1.82, 2.24) is 10.9 Å². The van der Waals surface area contributed by atoms with Gasteiger partial charge in [-0.1, -0.05) is 44.5 Å². The molecule has 5 nitrogen and oxygen atoms in total. The van der Waals surface area contributed by atoms with E-state index in [-0.39, 0.29) is 17.9 Å². The molecule has 0 aromatic heterocycles. The van der Waals surface area contributed by atoms with Crippen LogP contribution in [-0.2, 0) is 10.2 Å². The molecule has 0 aliphatic rings. The van der Waals surface area contributed by atoms with Crippen LogP contribution >= 0.6 is 15.9 Å². The first kappa shape index (κ1) is 20.0. The Hall–Kier alpha value is -2.34. The topological polar surface area (TPSA) is 67.4 Å². The van der Waals surface area contributed by atoms with Crippen molar-refractivity contribution in [3.05, 3.63) is 63.6 Å². The first-order valence-corrected chi connectivity index (χ1v) is 9.05. The van der Waals surface area contributed by atoms with E-state index in [4.69, 9.17) is 4.74 Å². The number of amides is 2. The van der Waals surface area contributed by atoms with E-state index in [1.165, 1.54) is 0 Å². The van der Waals surface area contributed by atoms with E-state index >= 15 is 0 Å². The summed E-state index contributed by atoms with van der Waals surface area (Å²) in [7, 11) is 0. The number of carbonyl (C=O) groups is 2. The third-order valence-corrected chi connectivity index (χ3v) is 4.41. The van der Waals surface area contributed by atoms with Gasteiger partial charge in [0, 0.05) is 5.56 Å². The highest BCUT2D eigenvalue weighted by Gasteiger charge is 2.16. The van der Waals surface area contributed by atoms with Gasteiger partial charge in [-0.2, -0.15) is 0 Å². The van der Waals surface area contributed by atoms with Gasteiger partial charge in [0.25, 0.3) is 11.8 Å². The molecule has 0 radical (unpaired) electrons. The number of hydrogen-bond acceptors (Lipinski definition) is 3. The molecular weight excluding hydrogens is 396 g/mol. The zero-order valence-corrected chi connectivity index (χ0v) is 16.9. The molecule has 26 heavy (non-hydrogen) atoms. The summed E-state index contributed by atoms with van der Waals surface area (Å²) in [6.07, 6.45) is 0. The lowest BCUT2D eigenvalue weighted by Gasteiger charge is -2.20. The zero-order valence-electron chi connectivity index (χ0n) is 15.4. The lowest BCUT2D eigenvalue weighted by atomic mass is 9.87. The SMILES string of the molecule is Cc1ccc(C(=O)NNC(=O)COc2ccc(C(C)(C)C)cc2Br)cc1. The molecule has 2 amide bonds. The first-order chi connectivity index (χ1) is 12.2. The molecule has 0 fully saturated rings. The van der Waals surface area contributed by atoms with Gasteiger partial charge in [-0.25, -0.2) is 0 Å². The lowest BCUT2D eigenvalue weighted by molar-refractivity contribution is -0.123. The van der Waals surface area contributed by atoms with Crippen LogP contribution in [0.5, 0.6) is 5.75 Å². The number of rotatable bonds is 4. The summed E-state index contributed by atoms with van der Waals surface area (Å²) >= 11 is 3.46. The van der Waals surface area contributed by atoms with Crippen molar-refractivity contribution in [3.63, 3.8) is 0 Å². The van der Waals surface area contributed by atoms with Crippen LogP contribution in [0.15, 0.2) is 46.9 Å². The molecule has 2 aromatic carbocycles. The predicted octanol–water partition coefficient (Wildman–Crippen LogP) is 3.90. The number of benzene rings is 2. The fourth-order valence-corrected chi connectivity index (χ4v) is 2.66. The second-order valence-electron chi connectivity index (χ2n) is 7.05. The monoisotopic (exact) mass is 418 g/mol. The van der Waals surface area contributed by atoms with E-state index in [0.717, 1.165) is 15.6 Å². The molecule has 0 unspecified atom stereocenters. The van der Waals surface area contributed by atoms with Gasteiger partial charge in [0.1, 0.15) is 5.75 Å². The maximum atomic E-state index is 11.9. The number of ether oxygens (including phenoxy) is 1. The molecule has 0 atom stereocenters. The molecule has 6 heteroatoms. The Morgan fingerprint density at radius 2 is 1.69 bits per heavy atom. The minimum absolute atomic E-state index is 0.0265. The fraction of sp³-hybridized carbons (Fsp3) is 0.300. The van der Waals surface area contributed by atoms with Gasteiger partial charge < -0.3 is 4.74 Å². The second-order valence-corrected chi connectivity index (χ2v) is 7.91. The zero-order chi connectivity index (χ0) is 19.3. The van der Waals surface area contributed by atoms with Gasteiger partial charge in [-0.3, -0.25) is 20.4 Å². The number of halogens is 1. The van der Waals surface area contributed by atoms with Crippen LogP contribution in [0.3, 0.4) is 0 Å². The Labute approximate surface area is 162 Å². The van der Waals surface area contributed by atoms with Crippen molar-refractivity contribution in [3.8, 4) is 5.75 Å². The average molecular weight is 419 g/mol. The smallest absolute Gasteiger partial charge is 0.276 e. The van der Waals surface area contributed by atoms with Crippen molar-refractivity contribution in [2.24, 2.45) is 0 Å². The van der Waals surface area contributed by atoms with Crippen molar-refractivity contribution in [2.45, 2.75) is 33.1 Å². The maximum Gasteiger partial charge on any atom is 0.276 e. The van der Waals surface area contributed by atoms with Gasteiger partial charge in [-0.05, 0) is 58.1 Å². The van der Waals surface area contributed by atoms with E-state index in [1.54, 1.807) is 12.1 Å². The summed E-state index contributed by atoms with van der Waals surface area (Å²) < 4.78 is 6.29. The van der Waals surface area contributed by atoms with E-state index in [9.17, 15) is 9.59 Å². The molecule has 0 spiro atoms. The quantitative estimate of drug-likeness (QED) is 0.739. The number of aryl methyl sites for hydroxylation is 1. The normalized spacial score (nSPS) is 11.0. The van der Waals surface area contributed by atoms with Crippen LogP contribution in [0.1, 0.15) is 42.3 Å². The van der Waals surface area contributed by atoms with Crippen molar-refractivity contribution >= 4 is 27.7 Å². The first-order valence-electron chi connectivity index (χ1n) is 8.25. The third kappa shape index (κ3) is 5.59. The van der Waals surface area contributed by atoms with E-state index in [0.29, 0.717) is 11.3 Å². The van der Waals surface area contributed by atoms with Crippen LogP contribution in [0.2, 0.25) is 0 Å². The summed E-state index contributed by atoms with van der Waals surface area (Å²) in [5, 5.41) is 0. The minimum atomic E-state index is -0.447. The summed E-state index contributed by atoms with van der Waals surface area (Å²) in [5.74, 6) is -0.260. The van der Waals surface area contributed by atoms with Crippen LogP contribution in [-0.4, -0.2) is 18.4 Å². The highest BCUT2D eigenvalue weighted by atomic mass is 79.9. The molecule has 0 aliphatic heterocycles. The Kier molecular flexibility index (Phi) is 6.42. The summed E-state index contributed by atoms with van der Waals surface area (Å²) in [4.78, 5) is 23.8. The molecule has 2 rings (SSSR count). The van der Waals surface area contributed by atoms with Crippen LogP contribution < -0.4 is 15.6 Å². The third-order valence-electron chi connectivity index (χ3n) is 3.79. The van der Waals surface area contributed by atoms with Gasteiger partial charge in [0.05, 0.1) is 4.47 Å². The van der Waals surface area contributed by atoms with E-state index < -0.39 is 5.91 Å². The molecular formula is C20H23BrN2O3. The van der Waals surface area contributed by atoms with Crippen LogP contribution in [0, 0.1) is 6.92 Å². The maximum absolute atomic E-state index is 11.9. The molecule has 138 valence electrons. The van der Waals surface area contributed by atoms with Crippen molar-refractivity contribution in [1.29, 1.82) is 0 Å². The fourth-order valence-electron chi connectivity index (χ4n) is 2.17. The Morgan fingerprint density at radius 1 is 1.04 bits per heavy atom. The summed E-state index contributed by atoms with van der Waals surface area (Å²) in [5.41, 5.74) is 7.42. The van der Waals surface area contributed by atoms with Gasteiger partial charge in [0.2, 0.25) is 0 Å². The van der Waals surface area contributed by atoms with E-state index in [1.807, 2.05) is 37.3 Å². The molecule has 0 saturated heterocycles. The lowest BCUT2D eigenvalue weighted by Crippen LogP contribution is -2.43. The Morgan fingerprint density at radius 3 is 2.27 bits per heavy atom. The number of carbonyl (C=O) groups excluding carboxylic acids is 2. The molecule has 2 N–H and O–H groups in total. The van der Waals surface area contributed by atoms with Gasteiger partial charge in [-0.15, -0.1) is 0 Å². The Bertz CT molecular complexity index is 796. The largest absolute Gasteiger partial charge is 0.483 e. The van der Waals surface area contributed by atoms with Crippen LogP contribution in [0.4, 0.5) is 0 Å². The molecule has 0 aliphatic carbocycles. The molecule has 0 saturated carbocycles. The van der Waals surface area contributed by atoms with E-state index in [2.05, 4.69) is 47.6 Å². The molecule has 0 bridgehead atoms. The highest BCUT2D eigenvalue weighted by Crippen LogP contribution is 2.31. The van der Waals surface area contributed by atoms with Gasteiger partial charge in [0.15, 0.2) is 6.61 Å². The number of hydrazine groups is 1. The van der Waals surface area contributed by atoms with Gasteiger partial charge >= 0.3 is 0 Å². The number of nitrogens with one attached hydrogen (secondary N) is 2. The Balaban J connectivity index is 1.85. The van der Waals surface area contributed by atoms with Crippen molar-refractivity contribution in [2.75, 3.05) is 6.61 Å². The average Bonchev–Trinajstić information content (AvgIpc) is 2.58. The molecule has 0 heterocycles. The molecule has 2 aromatic rings. The standard InChI is InChI=1S/C20H23BrN2O3/c1-13-5-7-14(8-6-13)19(25)23-22-18(24)12-26-17-10-9-15(11-16(17)21)20(2,3)4/h5-11H,12H2,1-4H3,(H,22,24)(H,23,25). The second kappa shape index (κ2) is 8.36. The number of hydrogen-bond donors (Lipinski definition) is 2. The highest BCUT2D eigenvalue weighted by molar-refractivity contribution is 9.10. The van der Waals surface area contributed by atoms with Crippen LogP contribution in [0.25, 0.3) is 0 Å². The summed E-state index contributed by atoms with van der Waals surface area (Å²) in [6, 6.07) is 12.8. The van der Waals surface area contributed by atoms with Crippen molar-refractivity contribution < 1.29 is 14.3 Å².